The molecule has 20 heavy (non-hydrogen) atoms. The molecule has 0 bridgehead atoms. The molecular weight excluding hydrogens is 246 g/mol. The van der Waals surface area contributed by atoms with E-state index in [0.717, 1.165) is 12.5 Å². The Balaban J connectivity index is 2.16. The molecule has 1 atom stereocenters. The molecule has 0 spiro atoms. The number of nitrogens with zero attached hydrogens (tertiary/aromatic N) is 2. The van der Waals surface area contributed by atoms with Gasteiger partial charge in [-0.15, -0.1) is 0 Å². The lowest BCUT2D eigenvalue weighted by molar-refractivity contribution is 0.0877. The SMILES string of the molecule is CCCCCCCNCC(C(C)C)N1CCN(C)CC1. The maximum Gasteiger partial charge on any atom is 0.0244 e. The van der Waals surface area contributed by atoms with Crippen molar-refractivity contribution >= 4 is 0 Å². The Bertz CT molecular complexity index is 222. The predicted molar refractivity (Wildman–Crippen MR) is 89.3 cm³/mol. The van der Waals surface area contributed by atoms with Gasteiger partial charge in [-0.2, -0.15) is 0 Å². The van der Waals surface area contributed by atoms with Crippen molar-refractivity contribution in [1.29, 1.82) is 0 Å². The van der Waals surface area contributed by atoms with E-state index in [9.17, 15) is 0 Å². The standard InChI is InChI=1S/C17H37N3/c1-5-6-7-8-9-10-18-15-17(16(2)3)20-13-11-19(4)12-14-20/h16-18H,5-15H2,1-4H3. The summed E-state index contributed by atoms with van der Waals surface area (Å²) in [6.45, 7) is 14.3. The molecule has 3 heteroatoms. The van der Waals surface area contributed by atoms with Gasteiger partial charge in [-0.3, -0.25) is 4.90 Å². The zero-order valence-electron chi connectivity index (χ0n) is 14.3. The Labute approximate surface area is 127 Å². The van der Waals surface area contributed by atoms with Gasteiger partial charge in [-0.1, -0.05) is 46.5 Å². The van der Waals surface area contributed by atoms with Gasteiger partial charge in [-0.25, -0.2) is 0 Å². The molecule has 1 heterocycles. The van der Waals surface area contributed by atoms with Gasteiger partial charge in [0.25, 0.3) is 0 Å². The monoisotopic (exact) mass is 283 g/mol. The molecule has 1 rings (SSSR count). The maximum absolute atomic E-state index is 3.70. The van der Waals surface area contributed by atoms with E-state index in [1.54, 1.807) is 0 Å². The van der Waals surface area contributed by atoms with Gasteiger partial charge in [0.1, 0.15) is 0 Å². The second-order valence-electron chi connectivity index (χ2n) is 6.77. The summed E-state index contributed by atoms with van der Waals surface area (Å²) in [6, 6.07) is 0.708. The second kappa shape index (κ2) is 10.6. The fraction of sp³-hybridized carbons (Fsp3) is 1.00. The van der Waals surface area contributed by atoms with Crippen molar-refractivity contribution < 1.29 is 0 Å². The van der Waals surface area contributed by atoms with Crippen LogP contribution in [0.2, 0.25) is 0 Å². The van der Waals surface area contributed by atoms with Crippen LogP contribution in [0, 0.1) is 5.92 Å². The molecule has 1 aliphatic rings. The van der Waals surface area contributed by atoms with Crippen LogP contribution in [-0.4, -0.2) is 62.2 Å². The summed E-state index contributed by atoms with van der Waals surface area (Å²) in [7, 11) is 2.23. The molecule has 1 N–H and O–H groups in total. The van der Waals surface area contributed by atoms with Gasteiger partial charge in [0.05, 0.1) is 0 Å². The lowest BCUT2D eigenvalue weighted by atomic mass is 10.0. The topological polar surface area (TPSA) is 18.5 Å². The third kappa shape index (κ3) is 7.05. The molecule has 120 valence electrons. The van der Waals surface area contributed by atoms with Crippen LogP contribution in [0.25, 0.3) is 0 Å². The van der Waals surface area contributed by atoms with Crippen LogP contribution in [0.5, 0.6) is 0 Å². The Kier molecular flexibility index (Phi) is 9.49. The van der Waals surface area contributed by atoms with Crippen molar-refractivity contribution in [2.75, 3.05) is 46.3 Å². The smallest absolute Gasteiger partial charge is 0.0244 e. The van der Waals surface area contributed by atoms with Crippen LogP contribution < -0.4 is 5.32 Å². The first-order valence-corrected chi connectivity index (χ1v) is 8.78. The van der Waals surface area contributed by atoms with Crippen LogP contribution >= 0.6 is 0 Å². The molecule has 0 aliphatic carbocycles. The van der Waals surface area contributed by atoms with Crippen molar-refractivity contribution in [2.24, 2.45) is 5.92 Å². The highest BCUT2D eigenvalue weighted by molar-refractivity contribution is 4.81. The van der Waals surface area contributed by atoms with Gasteiger partial charge >= 0.3 is 0 Å². The van der Waals surface area contributed by atoms with E-state index in [0.29, 0.717) is 6.04 Å². The Morgan fingerprint density at radius 2 is 1.60 bits per heavy atom. The molecule has 0 radical (unpaired) electrons. The molecule has 0 saturated carbocycles. The van der Waals surface area contributed by atoms with Gasteiger partial charge in [0.15, 0.2) is 0 Å². The van der Waals surface area contributed by atoms with Crippen LogP contribution in [0.3, 0.4) is 0 Å². The van der Waals surface area contributed by atoms with Crippen LogP contribution in [0.4, 0.5) is 0 Å². The van der Waals surface area contributed by atoms with Crippen LogP contribution in [0.1, 0.15) is 52.9 Å². The molecule has 0 amide bonds. The predicted octanol–water partition coefficient (Wildman–Crippen LogP) is 2.82. The minimum atomic E-state index is 0.708. The van der Waals surface area contributed by atoms with Gasteiger partial charge in [0, 0.05) is 38.8 Å². The highest BCUT2D eigenvalue weighted by atomic mass is 15.3. The number of hydrogen-bond donors (Lipinski definition) is 1. The number of unbranched alkanes of at least 4 members (excludes halogenated alkanes) is 4. The number of hydrogen-bond acceptors (Lipinski definition) is 3. The molecule has 0 aromatic carbocycles. The number of likely N-dealkylation sites (N-methyl/N-ethyl adjacent to an activating group) is 1. The Morgan fingerprint density at radius 1 is 0.950 bits per heavy atom. The van der Waals surface area contributed by atoms with E-state index >= 15 is 0 Å². The fourth-order valence-corrected chi connectivity index (χ4v) is 3.04. The summed E-state index contributed by atoms with van der Waals surface area (Å²) in [5.74, 6) is 0.742. The van der Waals surface area contributed by atoms with Crippen molar-refractivity contribution in [3.8, 4) is 0 Å². The molecule has 1 saturated heterocycles. The van der Waals surface area contributed by atoms with Crippen molar-refractivity contribution in [2.45, 2.75) is 58.9 Å². The molecule has 1 fully saturated rings. The first-order chi connectivity index (χ1) is 9.65. The summed E-state index contributed by atoms with van der Waals surface area (Å²) in [6.07, 6.45) is 6.88. The molecule has 0 aromatic heterocycles. The number of piperazine rings is 1. The van der Waals surface area contributed by atoms with Crippen molar-refractivity contribution in [3.63, 3.8) is 0 Å². The average molecular weight is 284 g/mol. The third-order valence-corrected chi connectivity index (χ3v) is 4.59. The molecule has 0 aromatic rings. The molecule has 1 unspecified atom stereocenters. The minimum Gasteiger partial charge on any atom is -0.315 e. The molecule has 3 nitrogen and oxygen atoms in total. The summed E-state index contributed by atoms with van der Waals surface area (Å²) >= 11 is 0. The van der Waals surface area contributed by atoms with Gasteiger partial charge < -0.3 is 10.2 Å². The van der Waals surface area contributed by atoms with Gasteiger partial charge in [0.2, 0.25) is 0 Å². The minimum absolute atomic E-state index is 0.708. The highest BCUT2D eigenvalue weighted by Crippen LogP contribution is 2.13. The average Bonchev–Trinajstić information content (AvgIpc) is 2.43. The van der Waals surface area contributed by atoms with Crippen molar-refractivity contribution in [1.82, 2.24) is 15.1 Å². The Morgan fingerprint density at radius 3 is 2.20 bits per heavy atom. The van der Waals surface area contributed by atoms with Crippen molar-refractivity contribution in [3.05, 3.63) is 0 Å². The lowest BCUT2D eigenvalue weighted by Gasteiger charge is -2.40. The van der Waals surface area contributed by atoms with Crippen LogP contribution in [0.15, 0.2) is 0 Å². The third-order valence-electron chi connectivity index (χ3n) is 4.59. The van der Waals surface area contributed by atoms with Gasteiger partial charge in [-0.05, 0) is 25.9 Å². The second-order valence-corrected chi connectivity index (χ2v) is 6.77. The summed E-state index contributed by atoms with van der Waals surface area (Å²) in [4.78, 5) is 5.13. The lowest BCUT2D eigenvalue weighted by Crippen LogP contribution is -2.53. The first-order valence-electron chi connectivity index (χ1n) is 8.78. The normalized spacial score (nSPS) is 19.6. The summed E-state index contributed by atoms with van der Waals surface area (Å²) in [5, 5.41) is 3.70. The van der Waals surface area contributed by atoms with E-state index in [1.807, 2.05) is 0 Å². The maximum atomic E-state index is 3.70. The van der Waals surface area contributed by atoms with E-state index in [-0.39, 0.29) is 0 Å². The quantitative estimate of drug-likeness (QED) is 0.622. The number of nitrogens with one attached hydrogen (secondary N) is 1. The van der Waals surface area contributed by atoms with Crippen LogP contribution in [-0.2, 0) is 0 Å². The fourth-order valence-electron chi connectivity index (χ4n) is 3.04. The largest absolute Gasteiger partial charge is 0.315 e. The molecular formula is C17H37N3. The van der Waals surface area contributed by atoms with E-state index in [1.165, 1.54) is 64.8 Å². The zero-order chi connectivity index (χ0) is 14.8. The van der Waals surface area contributed by atoms with E-state index in [2.05, 4.69) is 42.9 Å². The summed E-state index contributed by atoms with van der Waals surface area (Å²) < 4.78 is 0. The zero-order valence-corrected chi connectivity index (χ0v) is 14.3. The van der Waals surface area contributed by atoms with E-state index < -0.39 is 0 Å². The number of rotatable bonds is 10. The van der Waals surface area contributed by atoms with E-state index in [4.69, 9.17) is 0 Å². The highest BCUT2D eigenvalue weighted by Gasteiger charge is 2.24. The molecule has 1 aliphatic heterocycles. The first kappa shape index (κ1) is 17.9. The summed E-state index contributed by atoms with van der Waals surface area (Å²) in [5.41, 5.74) is 0. The Hall–Kier alpha value is -0.120.